The molecule has 4 nitrogen and oxygen atoms in total. The van der Waals surface area contributed by atoms with E-state index in [9.17, 15) is 4.79 Å². The fraction of sp³-hybridized carbons (Fsp3) is 0.300. The van der Waals surface area contributed by atoms with Crippen LogP contribution >= 0.6 is 31.9 Å². The van der Waals surface area contributed by atoms with Crippen molar-refractivity contribution in [2.45, 2.75) is 6.54 Å². The summed E-state index contributed by atoms with van der Waals surface area (Å²) < 4.78 is 1.72. The summed E-state index contributed by atoms with van der Waals surface area (Å²) in [7, 11) is 1.74. The summed E-state index contributed by atoms with van der Waals surface area (Å²) in [6.45, 7) is 0.486. The monoisotopic (exact) mass is 350 g/mol. The van der Waals surface area contributed by atoms with Crippen LogP contribution in [-0.4, -0.2) is 29.6 Å². The van der Waals surface area contributed by atoms with Crippen molar-refractivity contribution >= 4 is 43.5 Å². The summed E-state index contributed by atoms with van der Waals surface area (Å²) in [6.07, 6.45) is 0. The summed E-state index contributed by atoms with van der Waals surface area (Å²) >= 11 is 6.72. The van der Waals surface area contributed by atoms with Gasteiger partial charge in [-0.3, -0.25) is 9.69 Å². The number of nitrogens with two attached hydrogens (primary N) is 1. The third-order valence-electron chi connectivity index (χ3n) is 2.03. The maximum atomic E-state index is 10.5. The molecule has 6 heteroatoms. The van der Waals surface area contributed by atoms with E-state index in [-0.39, 0.29) is 6.54 Å². The van der Waals surface area contributed by atoms with Crippen molar-refractivity contribution < 1.29 is 9.90 Å². The van der Waals surface area contributed by atoms with Crippen molar-refractivity contribution in [2.75, 3.05) is 19.3 Å². The molecule has 0 heterocycles. The first-order chi connectivity index (χ1) is 7.40. The highest BCUT2D eigenvalue weighted by Crippen LogP contribution is 2.28. The highest BCUT2D eigenvalue weighted by atomic mass is 79.9. The van der Waals surface area contributed by atoms with E-state index in [0.29, 0.717) is 12.2 Å². The molecule has 0 atom stereocenters. The highest BCUT2D eigenvalue weighted by molar-refractivity contribution is 9.11. The van der Waals surface area contributed by atoms with Crippen LogP contribution in [0.3, 0.4) is 0 Å². The highest BCUT2D eigenvalue weighted by Gasteiger charge is 2.10. The van der Waals surface area contributed by atoms with Crippen molar-refractivity contribution in [3.8, 4) is 0 Å². The van der Waals surface area contributed by atoms with E-state index in [1.165, 1.54) is 0 Å². The van der Waals surface area contributed by atoms with E-state index in [1.807, 2.05) is 12.1 Å². The number of likely N-dealkylation sites (N-methyl/N-ethyl adjacent to an activating group) is 1. The van der Waals surface area contributed by atoms with Crippen LogP contribution in [0, 0.1) is 0 Å². The quantitative estimate of drug-likeness (QED) is 0.817. The Kier molecular flexibility index (Phi) is 4.76. The molecule has 0 amide bonds. The summed E-state index contributed by atoms with van der Waals surface area (Å²) in [5.41, 5.74) is 7.42. The Morgan fingerprint density at radius 3 is 2.69 bits per heavy atom. The number of carboxylic acids is 1. The van der Waals surface area contributed by atoms with Crippen LogP contribution in [0.1, 0.15) is 5.56 Å². The van der Waals surface area contributed by atoms with Gasteiger partial charge in [0, 0.05) is 15.5 Å². The van der Waals surface area contributed by atoms with Crippen molar-refractivity contribution in [2.24, 2.45) is 0 Å². The summed E-state index contributed by atoms with van der Waals surface area (Å²) in [6, 6.07) is 3.74. The third kappa shape index (κ3) is 3.77. The molecule has 0 unspecified atom stereocenters. The van der Waals surface area contributed by atoms with Gasteiger partial charge in [-0.15, -0.1) is 0 Å². The first kappa shape index (κ1) is 13.5. The first-order valence-electron chi connectivity index (χ1n) is 4.54. The van der Waals surface area contributed by atoms with E-state index in [0.717, 1.165) is 14.5 Å². The Morgan fingerprint density at radius 1 is 1.50 bits per heavy atom. The molecule has 16 heavy (non-hydrogen) atoms. The molecule has 0 bridgehead atoms. The Balaban J connectivity index is 2.84. The van der Waals surface area contributed by atoms with Crippen LogP contribution < -0.4 is 5.73 Å². The summed E-state index contributed by atoms with van der Waals surface area (Å²) in [4.78, 5) is 12.2. The lowest BCUT2D eigenvalue weighted by Crippen LogP contribution is -2.25. The molecule has 88 valence electrons. The van der Waals surface area contributed by atoms with Gasteiger partial charge in [-0.2, -0.15) is 0 Å². The number of halogens is 2. The van der Waals surface area contributed by atoms with Crippen LogP contribution in [0.4, 0.5) is 5.69 Å². The van der Waals surface area contributed by atoms with Crippen LogP contribution in [-0.2, 0) is 11.3 Å². The predicted octanol–water partition coefficient (Wildman–Crippen LogP) is 2.31. The van der Waals surface area contributed by atoms with Gasteiger partial charge in [0.05, 0.1) is 12.2 Å². The second-order valence-electron chi connectivity index (χ2n) is 3.53. The van der Waals surface area contributed by atoms with Gasteiger partial charge >= 0.3 is 5.97 Å². The number of aliphatic carboxylic acids is 1. The number of carbonyl (C=O) groups is 1. The van der Waals surface area contributed by atoms with Gasteiger partial charge in [0.1, 0.15) is 0 Å². The van der Waals surface area contributed by atoms with Gasteiger partial charge in [0.2, 0.25) is 0 Å². The van der Waals surface area contributed by atoms with E-state index in [2.05, 4.69) is 31.9 Å². The minimum absolute atomic E-state index is 0.0103. The van der Waals surface area contributed by atoms with Crippen LogP contribution in [0.5, 0.6) is 0 Å². The number of hydrogen-bond acceptors (Lipinski definition) is 3. The smallest absolute Gasteiger partial charge is 0.317 e. The van der Waals surface area contributed by atoms with Crippen LogP contribution in [0.15, 0.2) is 21.1 Å². The molecule has 3 N–H and O–H groups in total. The molecule has 0 aliphatic heterocycles. The number of nitrogens with zero attached hydrogens (tertiary/aromatic N) is 1. The number of nitrogen functional groups attached to an aromatic ring is 1. The minimum Gasteiger partial charge on any atom is -0.480 e. The molecule has 1 rings (SSSR count). The standard InChI is InChI=1S/C10H12Br2N2O2/c1-14(5-9(15)16)4-6-2-7(11)3-8(12)10(6)13/h2-3H,4-5,13H2,1H3,(H,15,16). The maximum Gasteiger partial charge on any atom is 0.317 e. The normalized spacial score (nSPS) is 10.8. The van der Waals surface area contributed by atoms with E-state index in [1.54, 1.807) is 11.9 Å². The first-order valence-corrected chi connectivity index (χ1v) is 6.12. The molecule has 0 radical (unpaired) electrons. The van der Waals surface area contributed by atoms with Gasteiger partial charge in [0.25, 0.3) is 0 Å². The molecule has 0 fully saturated rings. The van der Waals surface area contributed by atoms with Crippen molar-refractivity contribution in [1.82, 2.24) is 4.90 Å². The number of carboxylic acid groups (broad SMARTS) is 1. The molecular weight excluding hydrogens is 340 g/mol. The molecule has 0 saturated heterocycles. The molecule has 0 aliphatic rings. The Hall–Kier alpha value is -0.590. The predicted molar refractivity (Wildman–Crippen MR) is 70.2 cm³/mol. The lowest BCUT2D eigenvalue weighted by atomic mass is 10.2. The van der Waals surface area contributed by atoms with Crippen molar-refractivity contribution in [3.63, 3.8) is 0 Å². The van der Waals surface area contributed by atoms with Gasteiger partial charge in [-0.05, 0) is 40.7 Å². The van der Waals surface area contributed by atoms with Gasteiger partial charge < -0.3 is 10.8 Å². The molecule has 1 aromatic carbocycles. The molecular formula is C10H12Br2N2O2. The zero-order chi connectivity index (χ0) is 12.3. The number of anilines is 1. The van der Waals surface area contributed by atoms with E-state index >= 15 is 0 Å². The average molecular weight is 352 g/mol. The van der Waals surface area contributed by atoms with E-state index in [4.69, 9.17) is 10.8 Å². The minimum atomic E-state index is -0.852. The average Bonchev–Trinajstić information content (AvgIpc) is 2.11. The molecule has 0 aliphatic carbocycles. The van der Waals surface area contributed by atoms with Crippen molar-refractivity contribution in [1.29, 1.82) is 0 Å². The fourth-order valence-corrected chi connectivity index (χ4v) is 2.66. The Bertz CT molecular complexity index is 410. The Morgan fingerprint density at radius 2 is 2.12 bits per heavy atom. The molecule has 0 aromatic heterocycles. The van der Waals surface area contributed by atoms with Crippen LogP contribution in [0.2, 0.25) is 0 Å². The van der Waals surface area contributed by atoms with Crippen LogP contribution in [0.25, 0.3) is 0 Å². The second kappa shape index (κ2) is 5.65. The fourth-order valence-electron chi connectivity index (χ4n) is 1.35. The number of hydrogen-bond donors (Lipinski definition) is 2. The third-order valence-corrected chi connectivity index (χ3v) is 3.14. The summed E-state index contributed by atoms with van der Waals surface area (Å²) in [5.74, 6) is -0.852. The second-order valence-corrected chi connectivity index (χ2v) is 5.30. The van der Waals surface area contributed by atoms with E-state index < -0.39 is 5.97 Å². The Labute approximate surface area is 111 Å². The molecule has 0 saturated carbocycles. The molecule has 0 spiro atoms. The SMILES string of the molecule is CN(CC(=O)O)Cc1cc(Br)cc(Br)c1N. The van der Waals surface area contributed by atoms with Crippen molar-refractivity contribution in [3.05, 3.63) is 26.6 Å². The largest absolute Gasteiger partial charge is 0.480 e. The van der Waals surface area contributed by atoms with Gasteiger partial charge in [-0.25, -0.2) is 0 Å². The molecule has 1 aromatic rings. The van der Waals surface area contributed by atoms with Gasteiger partial charge in [0.15, 0.2) is 0 Å². The zero-order valence-electron chi connectivity index (χ0n) is 8.70. The lowest BCUT2D eigenvalue weighted by molar-refractivity contribution is -0.138. The van der Waals surface area contributed by atoms with Gasteiger partial charge in [-0.1, -0.05) is 15.9 Å². The maximum absolute atomic E-state index is 10.5. The topological polar surface area (TPSA) is 66.6 Å². The number of benzene rings is 1. The number of rotatable bonds is 4. The lowest BCUT2D eigenvalue weighted by Gasteiger charge is -2.16. The summed E-state index contributed by atoms with van der Waals surface area (Å²) in [5, 5.41) is 8.65. The zero-order valence-corrected chi connectivity index (χ0v) is 11.9.